The van der Waals surface area contributed by atoms with Crippen LogP contribution in [0.5, 0.6) is 0 Å². The van der Waals surface area contributed by atoms with Crippen LogP contribution in [0.4, 0.5) is 0 Å². The summed E-state index contributed by atoms with van der Waals surface area (Å²) < 4.78 is 30.8. The summed E-state index contributed by atoms with van der Waals surface area (Å²) >= 11 is 0. The highest BCUT2D eigenvalue weighted by Gasteiger charge is 2.23. The molecule has 1 N–H and O–H groups in total. The predicted molar refractivity (Wildman–Crippen MR) is 68.6 cm³/mol. The van der Waals surface area contributed by atoms with Crippen LogP contribution in [-0.4, -0.2) is 58.4 Å². The average molecular weight is 264 g/mol. The van der Waals surface area contributed by atoms with Gasteiger partial charge in [-0.1, -0.05) is 0 Å². The second-order valence-electron chi connectivity index (χ2n) is 4.54. The Labute approximate surface area is 105 Å². The van der Waals surface area contributed by atoms with Gasteiger partial charge in [-0.15, -0.1) is 0 Å². The number of likely N-dealkylation sites (N-methyl/N-ethyl adjacent to an activating group) is 1. The zero-order valence-corrected chi connectivity index (χ0v) is 11.6. The van der Waals surface area contributed by atoms with E-state index in [1.165, 1.54) is 4.31 Å². The van der Waals surface area contributed by atoms with Gasteiger partial charge in [-0.05, 0) is 39.3 Å². The minimum absolute atomic E-state index is 0.0899. The molecule has 0 saturated carbocycles. The molecule has 1 rings (SSSR count). The van der Waals surface area contributed by atoms with E-state index >= 15 is 0 Å². The Morgan fingerprint density at radius 3 is 2.76 bits per heavy atom. The molecule has 102 valence electrons. The van der Waals surface area contributed by atoms with Crippen molar-refractivity contribution in [3.05, 3.63) is 0 Å². The molecule has 0 spiro atoms. The van der Waals surface area contributed by atoms with Crippen molar-refractivity contribution in [3.8, 4) is 0 Å². The molecular weight excluding hydrogens is 240 g/mol. The summed E-state index contributed by atoms with van der Waals surface area (Å²) in [5.41, 5.74) is 0. The quantitative estimate of drug-likeness (QED) is 0.646. The number of nitrogens with zero attached hydrogens (tertiary/aromatic N) is 1. The third kappa shape index (κ3) is 5.33. The van der Waals surface area contributed by atoms with Gasteiger partial charge in [-0.25, -0.2) is 12.7 Å². The largest absolute Gasteiger partial charge is 0.377 e. The molecule has 0 aromatic rings. The highest BCUT2D eigenvalue weighted by Crippen LogP contribution is 2.14. The molecule has 0 aromatic carbocycles. The van der Waals surface area contributed by atoms with Crippen LogP contribution >= 0.6 is 0 Å². The maximum Gasteiger partial charge on any atom is 0.213 e. The predicted octanol–water partition coefficient (Wildman–Crippen LogP) is 0.427. The van der Waals surface area contributed by atoms with E-state index in [0.717, 1.165) is 32.4 Å². The summed E-state index contributed by atoms with van der Waals surface area (Å²) in [5.74, 6) is 0.234. The number of rotatable bonds is 8. The molecule has 0 amide bonds. The lowest BCUT2D eigenvalue weighted by atomic mass is 10.2. The van der Waals surface area contributed by atoms with Gasteiger partial charge in [0.25, 0.3) is 0 Å². The van der Waals surface area contributed by atoms with Gasteiger partial charge < -0.3 is 10.1 Å². The molecular formula is C11H24N2O3S. The fraction of sp³-hybridized carbons (Fsp3) is 1.00. The van der Waals surface area contributed by atoms with Crippen LogP contribution in [0.2, 0.25) is 0 Å². The number of hydrogen-bond acceptors (Lipinski definition) is 4. The number of ether oxygens (including phenoxy) is 1. The van der Waals surface area contributed by atoms with Crippen molar-refractivity contribution in [1.82, 2.24) is 9.62 Å². The second-order valence-corrected chi connectivity index (χ2v) is 6.74. The minimum Gasteiger partial charge on any atom is -0.377 e. The van der Waals surface area contributed by atoms with Crippen molar-refractivity contribution >= 4 is 10.0 Å². The summed E-state index contributed by atoms with van der Waals surface area (Å²) in [6, 6.07) is 0. The first-order chi connectivity index (χ1) is 8.06. The Bertz CT molecular complexity index is 300. The van der Waals surface area contributed by atoms with E-state index < -0.39 is 10.0 Å². The van der Waals surface area contributed by atoms with E-state index in [4.69, 9.17) is 4.74 Å². The minimum atomic E-state index is -3.10. The summed E-state index contributed by atoms with van der Waals surface area (Å²) in [7, 11) is 0.418. The summed E-state index contributed by atoms with van der Waals surface area (Å²) in [4.78, 5) is 0. The molecule has 5 nitrogen and oxygen atoms in total. The van der Waals surface area contributed by atoms with Crippen LogP contribution in [0.15, 0.2) is 0 Å². The first-order valence-corrected chi connectivity index (χ1v) is 7.87. The smallest absolute Gasteiger partial charge is 0.213 e. The van der Waals surface area contributed by atoms with Gasteiger partial charge in [0, 0.05) is 20.2 Å². The van der Waals surface area contributed by atoms with E-state index in [-0.39, 0.29) is 11.9 Å². The molecule has 1 aliphatic heterocycles. The number of sulfonamides is 1. The van der Waals surface area contributed by atoms with Crippen LogP contribution in [0.1, 0.15) is 25.7 Å². The van der Waals surface area contributed by atoms with Crippen LogP contribution < -0.4 is 5.32 Å². The molecule has 1 fully saturated rings. The summed E-state index contributed by atoms with van der Waals surface area (Å²) in [6.07, 6.45) is 3.70. The summed E-state index contributed by atoms with van der Waals surface area (Å²) in [6.45, 7) is 2.13. The number of nitrogens with one attached hydrogen (secondary N) is 1. The first-order valence-electron chi connectivity index (χ1n) is 6.26. The molecule has 1 heterocycles. The highest BCUT2D eigenvalue weighted by molar-refractivity contribution is 7.89. The van der Waals surface area contributed by atoms with Crippen LogP contribution in [0.25, 0.3) is 0 Å². The van der Waals surface area contributed by atoms with Crippen LogP contribution in [-0.2, 0) is 14.8 Å². The monoisotopic (exact) mass is 264 g/mol. The van der Waals surface area contributed by atoms with Crippen molar-refractivity contribution in [2.24, 2.45) is 0 Å². The number of hydrogen-bond donors (Lipinski definition) is 1. The van der Waals surface area contributed by atoms with Gasteiger partial charge in [-0.2, -0.15) is 0 Å². The molecule has 0 aliphatic carbocycles. The maximum absolute atomic E-state index is 11.9. The Hall–Kier alpha value is -0.170. The molecule has 6 heteroatoms. The van der Waals surface area contributed by atoms with Gasteiger partial charge >= 0.3 is 0 Å². The zero-order valence-electron chi connectivity index (χ0n) is 10.8. The Morgan fingerprint density at radius 1 is 1.41 bits per heavy atom. The molecule has 1 aliphatic rings. The van der Waals surface area contributed by atoms with Crippen molar-refractivity contribution in [1.29, 1.82) is 0 Å². The van der Waals surface area contributed by atoms with Crippen molar-refractivity contribution < 1.29 is 13.2 Å². The Kier molecular flexibility index (Phi) is 6.40. The van der Waals surface area contributed by atoms with Crippen LogP contribution in [0, 0.1) is 0 Å². The fourth-order valence-corrected chi connectivity index (χ4v) is 3.20. The van der Waals surface area contributed by atoms with Gasteiger partial charge in [-0.3, -0.25) is 0 Å². The number of unbranched alkanes of at least 4 members (excludes halogenated alkanes) is 1. The topological polar surface area (TPSA) is 58.6 Å². The molecule has 1 saturated heterocycles. The first kappa shape index (κ1) is 14.9. The van der Waals surface area contributed by atoms with Crippen molar-refractivity contribution in [2.75, 3.05) is 39.5 Å². The van der Waals surface area contributed by atoms with Gasteiger partial charge in [0.05, 0.1) is 11.9 Å². The lowest BCUT2D eigenvalue weighted by Crippen LogP contribution is -2.35. The van der Waals surface area contributed by atoms with E-state index in [9.17, 15) is 8.42 Å². The molecule has 1 atom stereocenters. The second kappa shape index (κ2) is 7.31. The van der Waals surface area contributed by atoms with Crippen LogP contribution in [0.3, 0.4) is 0 Å². The van der Waals surface area contributed by atoms with E-state index in [0.29, 0.717) is 13.0 Å². The summed E-state index contributed by atoms with van der Waals surface area (Å²) in [5, 5.41) is 3.01. The highest BCUT2D eigenvalue weighted by atomic mass is 32.2. The van der Waals surface area contributed by atoms with Gasteiger partial charge in [0.2, 0.25) is 10.0 Å². The van der Waals surface area contributed by atoms with Crippen molar-refractivity contribution in [3.63, 3.8) is 0 Å². The van der Waals surface area contributed by atoms with Gasteiger partial charge in [0.1, 0.15) is 0 Å². The third-order valence-corrected chi connectivity index (χ3v) is 4.94. The molecule has 0 radical (unpaired) electrons. The molecule has 1 unspecified atom stereocenters. The zero-order chi connectivity index (χ0) is 12.7. The Balaban J connectivity index is 2.29. The molecule has 0 aromatic heterocycles. The molecule has 0 bridgehead atoms. The van der Waals surface area contributed by atoms with E-state index in [1.54, 1.807) is 7.05 Å². The van der Waals surface area contributed by atoms with E-state index in [2.05, 4.69) is 5.32 Å². The standard InChI is InChI=1S/C11H24N2O3S/c1-12-7-3-4-9-17(14,15)13(2)10-11-6-5-8-16-11/h11-12H,3-10H2,1-2H3. The lowest BCUT2D eigenvalue weighted by molar-refractivity contribution is 0.0979. The third-order valence-electron chi connectivity index (χ3n) is 3.04. The van der Waals surface area contributed by atoms with Crippen molar-refractivity contribution in [2.45, 2.75) is 31.8 Å². The normalized spacial score (nSPS) is 21.2. The fourth-order valence-electron chi connectivity index (χ4n) is 1.93. The van der Waals surface area contributed by atoms with E-state index in [1.807, 2.05) is 7.05 Å². The SMILES string of the molecule is CNCCCCS(=O)(=O)N(C)CC1CCCO1. The average Bonchev–Trinajstić information content (AvgIpc) is 2.77. The molecule has 17 heavy (non-hydrogen) atoms. The lowest BCUT2D eigenvalue weighted by Gasteiger charge is -2.20. The Morgan fingerprint density at radius 2 is 2.18 bits per heavy atom. The maximum atomic E-state index is 11.9. The van der Waals surface area contributed by atoms with Gasteiger partial charge in [0.15, 0.2) is 0 Å².